The summed E-state index contributed by atoms with van der Waals surface area (Å²) in [6, 6.07) is 7.91. The van der Waals surface area contributed by atoms with Crippen LogP contribution in [0.25, 0.3) is 0 Å². The minimum absolute atomic E-state index is 0.181. The van der Waals surface area contributed by atoms with E-state index in [9.17, 15) is 4.79 Å². The van der Waals surface area contributed by atoms with Gasteiger partial charge in [0.2, 0.25) is 5.91 Å². The Hall–Kier alpha value is -0.580. The molecule has 1 N–H and O–H groups in total. The summed E-state index contributed by atoms with van der Waals surface area (Å²) < 4.78 is 1.18. The van der Waals surface area contributed by atoms with Crippen molar-refractivity contribution < 1.29 is 4.79 Å². The summed E-state index contributed by atoms with van der Waals surface area (Å²) in [4.78, 5) is 11.9. The van der Waals surface area contributed by atoms with Gasteiger partial charge in [-0.25, -0.2) is 0 Å². The van der Waals surface area contributed by atoms with E-state index in [0.717, 1.165) is 12.1 Å². The molecule has 2 rings (SSSR count). The maximum Gasteiger partial charge on any atom is 0.228 e. The van der Waals surface area contributed by atoms with Crippen LogP contribution in [0.4, 0.5) is 5.69 Å². The molecule has 1 aromatic rings. The van der Waals surface area contributed by atoms with E-state index in [1.807, 2.05) is 24.3 Å². The second kappa shape index (κ2) is 4.73. The molecule has 0 bridgehead atoms. The van der Waals surface area contributed by atoms with Crippen molar-refractivity contribution in [2.45, 2.75) is 20.3 Å². The molecule has 0 aromatic heterocycles. The second-order valence-electron chi connectivity index (χ2n) is 4.45. The highest BCUT2D eigenvalue weighted by molar-refractivity contribution is 14.1. The number of hydrogen-bond donors (Lipinski definition) is 1. The quantitative estimate of drug-likeness (QED) is 0.845. The zero-order valence-electron chi connectivity index (χ0n) is 9.53. The molecule has 1 amide bonds. The van der Waals surface area contributed by atoms with Crippen LogP contribution in [0.1, 0.15) is 20.3 Å². The normalized spacial score (nSPS) is 27.6. The van der Waals surface area contributed by atoms with Crippen molar-refractivity contribution in [3.63, 3.8) is 0 Å². The molecule has 0 unspecified atom stereocenters. The third kappa shape index (κ3) is 2.39. The first kappa shape index (κ1) is 11.9. The van der Waals surface area contributed by atoms with Gasteiger partial charge in [0.05, 0.1) is 0 Å². The van der Waals surface area contributed by atoms with Crippen molar-refractivity contribution in [1.29, 1.82) is 0 Å². The van der Waals surface area contributed by atoms with Crippen molar-refractivity contribution in [1.82, 2.24) is 0 Å². The standard InChI is InChI=1S/C13H16INO/c1-3-11-8(2)12(11)13(16)15-10-6-4-9(14)5-7-10/h4-8,11-12H,3H2,1-2H3,(H,15,16)/t8-,11+,12-/m0/s1. The molecular weight excluding hydrogens is 313 g/mol. The predicted molar refractivity (Wildman–Crippen MR) is 74.2 cm³/mol. The first-order valence-electron chi connectivity index (χ1n) is 5.70. The van der Waals surface area contributed by atoms with Gasteiger partial charge in [-0.1, -0.05) is 20.3 Å². The molecule has 3 atom stereocenters. The number of carbonyl (C=O) groups is 1. The Kier molecular flexibility index (Phi) is 3.52. The number of nitrogens with one attached hydrogen (secondary N) is 1. The van der Waals surface area contributed by atoms with Gasteiger partial charge in [-0.05, 0) is 58.7 Å². The number of benzene rings is 1. The van der Waals surface area contributed by atoms with Crippen LogP contribution < -0.4 is 5.32 Å². The van der Waals surface area contributed by atoms with E-state index in [-0.39, 0.29) is 11.8 Å². The third-order valence-corrected chi connectivity index (χ3v) is 4.17. The lowest BCUT2D eigenvalue weighted by molar-refractivity contribution is -0.117. The molecule has 1 fully saturated rings. The average molecular weight is 329 g/mol. The molecule has 0 saturated heterocycles. The number of carbonyl (C=O) groups excluding carboxylic acids is 1. The molecule has 16 heavy (non-hydrogen) atoms. The lowest BCUT2D eigenvalue weighted by Crippen LogP contribution is -2.15. The molecule has 0 spiro atoms. The molecule has 0 heterocycles. The van der Waals surface area contributed by atoms with E-state index in [2.05, 4.69) is 41.8 Å². The number of rotatable bonds is 3. The molecule has 1 aliphatic rings. The van der Waals surface area contributed by atoms with E-state index in [1.54, 1.807) is 0 Å². The highest BCUT2D eigenvalue weighted by Crippen LogP contribution is 2.48. The molecule has 86 valence electrons. The van der Waals surface area contributed by atoms with Crippen LogP contribution in [0.2, 0.25) is 0 Å². The molecule has 1 aromatic carbocycles. The number of hydrogen-bond acceptors (Lipinski definition) is 1. The van der Waals surface area contributed by atoms with E-state index in [1.165, 1.54) is 3.57 Å². The summed E-state index contributed by atoms with van der Waals surface area (Å²) in [5, 5.41) is 2.98. The van der Waals surface area contributed by atoms with Crippen LogP contribution in [-0.4, -0.2) is 5.91 Å². The molecule has 0 radical (unpaired) electrons. The molecule has 0 aliphatic heterocycles. The van der Waals surface area contributed by atoms with E-state index in [0.29, 0.717) is 11.8 Å². The topological polar surface area (TPSA) is 29.1 Å². The summed E-state index contributed by atoms with van der Waals surface area (Å²) in [7, 11) is 0. The van der Waals surface area contributed by atoms with Gasteiger partial charge >= 0.3 is 0 Å². The van der Waals surface area contributed by atoms with Gasteiger partial charge in [0.15, 0.2) is 0 Å². The summed E-state index contributed by atoms with van der Waals surface area (Å²) in [6.07, 6.45) is 1.10. The lowest BCUT2D eigenvalue weighted by atomic mass is 10.2. The first-order valence-corrected chi connectivity index (χ1v) is 6.77. The fourth-order valence-electron chi connectivity index (χ4n) is 2.36. The second-order valence-corrected chi connectivity index (χ2v) is 5.70. The Labute approximate surface area is 110 Å². The smallest absolute Gasteiger partial charge is 0.228 e. The Morgan fingerprint density at radius 3 is 2.50 bits per heavy atom. The summed E-state index contributed by atoms with van der Waals surface area (Å²) >= 11 is 2.26. The monoisotopic (exact) mass is 329 g/mol. The zero-order valence-corrected chi connectivity index (χ0v) is 11.7. The van der Waals surface area contributed by atoms with Gasteiger partial charge in [-0.2, -0.15) is 0 Å². The third-order valence-electron chi connectivity index (χ3n) is 3.45. The zero-order chi connectivity index (χ0) is 11.7. The van der Waals surface area contributed by atoms with Crippen LogP contribution in [0.5, 0.6) is 0 Å². The predicted octanol–water partition coefficient (Wildman–Crippen LogP) is 3.52. The van der Waals surface area contributed by atoms with Gasteiger partial charge in [-0.15, -0.1) is 0 Å². The molecule has 1 saturated carbocycles. The summed E-state index contributed by atoms with van der Waals surface area (Å²) in [5.41, 5.74) is 0.902. The Balaban J connectivity index is 1.96. The summed E-state index contributed by atoms with van der Waals surface area (Å²) in [5.74, 6) is 1.54. The van der Waals surface area contributed by atoms with Crippen molar-refractivity contribution in [3.8, 4) is 0 Å². The van der Waals surface area contributed by atoms with Crippen LogP contribution in [0, 0.1) is 21.3 Å². The van der Waals surface area contributed by atoms with Crippen LogP contribution in [0.15, 0.2) is 24.3 Å². The Morgan fingerprint density at radius 1 is 1.38 bits per heavy atom. The minimum atomic E-state index is 0.181. The lowest BCUT2D eigenvalue weighted by Gasteiger charge is -2.04. The van der Waals surface area contributed by atoms with Crippen LogP contribution in [0.3, 0.4) is 0 Å². The number of amides is 1. The summed E-state index contributed by atoms with van der Waals surface area (Å²) in [6.45, 7) is 4.31. The molecule has 3 heteroatoms. The van der Waals surface area contributed by atoms with Gasteiger partial charge < -0.3 is 5.32 Å². The van der Waals surface area contributed by atoms with E-state index < -0.39 is 0 Å². The van der Waals surface area contributed by atoms with Gasteiger partial charge in [0.1, 0.15) is 0 Å². The highest BCUT2D eigenvalue weighted by Gasteiger charge is 2.49. The Morgan fingerprint density at radius 2 is 2.00 bits per heavy atom. The molecular formula is C13H16INO. The van der Waals surface area contributed by atoms with Crippen LogP contribution in [-0.2, 0) is 4.79 Å². The fraction of sp³-hybridized carbons (Fsp3) is 0.462. The minimum Gasteiger partial charge on any atom is -0.326 e. The van der Waals surface area contributed by atoms with Crippen molar-refractivity contribution >= 4 is 34.2 Å². The van der Waals surface area contributed by atoms with Gasteiger partial charge in [0.25, 0.3) is 0 Å². The number of anilines is 1. The van der Waals surface area contributed by atoms with Gasteiger partial charge in [0, 0.05) is 15.2 Å². The number of halogens is 1. The van der Waals surface area contributed by atoms with Crippen molar-refractivity contribution in [2.24, 2.45) is 17.8 Å². The van der Waals surface area contributed by atoms with E-state index in [4.69, 9.17) is 0 Å². The maximum atomic E-state index is 11.9. The van der Waals surface area contributed by atoms with E-state index >= 15 is 0 Å². The van der Waals surface area contributed by atoms with Crippen molar-refractivity contribution in [2.75, 3.05) is 5.32 Å². The van der Waals surface area contributed by atoms with Gasteiger partial charge in [-0.3, -0.25) is 4.79 Å². The average Bonchev–Trinajstić information content (AvgIpc) is 2.92. The highest BCUT2D eigenvalue weighted by atomic mass is 127. The maximum absolute atomic E-state index is 11.9. The SMILES string of the molecule is CC[C@@H]1[C@H](C)[C@@H]1C(=O)Nc1ccc(I)cc1. The molecule has 2 nitrogen and oxygen atoms in total. The largest absolute Gasteiger partial charge is 0.326 e. The van der Waals surface area contributed by atoms with Crippen LogP contribution >= 0.6 is 22.6 Å². The van der Waals surface area contributed by atoms with Crippen molar-refractivity contribution in [3.05, 3.63) is 27.8 Å². The Bertz CT molecular complexity index is 387. The molecule has 1 aliphatic carbocycles. The first-order chi connectivity index (χ1) is 7.63. The fourth-order valence-corrected chi connectivity index (χ4v) is 2.72.